The first kappa shape index (κ1) is 88.0. The van der Waals surface area contributed by atoms with Gasteiger partial charge < -0.3 is 55.1 Å². The second-order valence-corrected chi connectivity index (χ2v) is 40.5. The molecule has 622 valence electrons. The number of hydrogen-bond donors (Lipinski definition) is 5. The maximum Gasteiger partial charge on any atom is 0.368 e. The number of alkyl halides is 2. The number of aryl methyl sites for hydroxylation is 3. The average molecular weight is 1660 g/mol. The fourth-order valence-corrected chi connectivity index (χ4v) is 21.5. The lowest BCUT2D eigenvalue weighted by atomic mass is 10.0. The Labute approximate surface area is 671 Å². The first-order valence-electron chi connectivity index (χ1n) is 37.6. The number of amides is 6. The number of hydrogen-bond acceptors (Lipinski definition) is 24. The number of esters is 1. The fraction of sp³-hybridized carbons (Fsp3) is 0.526. The van der Waals surface area contributed by atoms with E-state index in [2.05, 4.69) is 36.0 Å². The van der Waals surface area contributed by atoms with Crippen LogP contribution in [0, 0.1) is 34.0 Å². The molecule has 0 bridgehead atoms. The summed E-state index contributed by atoms with van der Waals surface area (Å²) < 4.78 is 119. The van der Waals surface area contributed by atoms with Gasteiger partial charge in [-0.2, -0.15) is 31.1 Å². The number of aliphatic hydroxyl groups excluding tert-OH is 2. The first-order chi connectivity index (χ1) is 54.6. The number of nitrogens with one attached hydrogen (secondary N) is 3. The molecule has 3 aromatic heterocycles. The molecule has 12 rings (SSSR count). The van der Waals surface area contributed by atoms with Crippen LogP contribution in [0.3, 0.4) is 0 Å². The van der Waals surface area contributed by atoms with Crippen LogP contribution in [0.25, 0.3) is 0 Å². The zero-order valence-corrected chi connectivity index (χ0v) is 68.6. The van der Waals surface area contributed by atoms with Gasteiger partial charge in [-0.05, 0) is 159 Å². The van der Waals surface area contributed by atoms with E-state index < -0.39 is 133 Å². The quantitative estimate of drug-likeness (QED) is 0.0384. The molecule has 6 aliphatic rings. The van der Waals surface area contributed by atoms with E-state index in [1.54, 1.807) is 93.9 Å². The molecule has 3 aliphatic heterocycles. The zero-order chi connectivity index (χ0) is 85.1. The summed E-state index contributed by atoms with van der Waals surface area (Å²) in [5.41, 5.74) is 6.72. The normalized spacial score (nSPS) is 17.0. The van der Waals surface area contributed by atoms with Crippen molar-refractivity contribution in [3.63, 3.8) is 0 Å². The molecule has 38 heteroatoms. The molecule has 5 N–H and O–H groups in total. The summed E-state index contributed by atoms with van der Waals surface area (Å²) >= 11 is 0. The molecule has 2 atom stereocenters. The molecular formula is C78H95F2N15O18S3. The summed E-state index contributed by atoms with van der Waals surface area (Å²) in [6.45, 7) is 9.16. The monoisotopic (exact) mass is 1660 g/mol. The number of carbonyl (C=O) groups is 7. The summed E-state index contributed by atoms with van der Waals surface area (Å²) in [5, 5.41) is 66.5. The number of nitrogens with zero attached hydrogens (tertiary/aromatic N) is 12. The van der Waals surface area contributed by atoms with E-state index in [0.29, 0.717) is 91.2 Å². The highest BCUT2D eigenvalue weighted by Gasteiger charge is 2.64. The van der Waals surface area contributed by atoms with Crippen LogP contribution in [0.1, 0.15) is 200 Å². The van der Waals surface area contributed by atoms with E-state index in [-0.39, 0.29) is 106 Å². The fourth-order valence-electron chi connectivity index (χ4n) is 14.5. The smallest absolute Gasteiger partial charge is 0.368 e. The third kappa shape index (κ3) is 17.8. The van der Waals surface area contributed by atoms with Crippen LogP contribution in [0.2, 0.25) is 0 Å². The van der Waals surface area contributed by atoms with Crippen LogP contribution in [0.5, 0.6) is 0 Å². The summed E-state index contributed by atoms with van der Waals surface area (Å²) in [7, 11) is -6.79. The van der Waals surface area contributed by atoms with Crippen molar-refractivity contribution in [2.75, 3.05) is 72.3 Å². The lowest BCUT2D eigenvalue weighted by Gasteiger charge is -2.35. The summed E-state index contributed by atoms with van der Waals surface area (Å²) in [5.74, 6) is -3.70. The van der Waals surface area contributed by atoms with Crippen molar-refractivity contribution >= 4 is 70.9 Å². The number of rotatable bonds is 31. The highest BCUT2D eigenvalue weighted by molar-refractivity contribution is 7.95. The Kier molecular flexibility index (Phi) is 26.1. The van der Waals surface area contributed by atoms with Crippen LogP contribution in [0.15, 0.2) is 72.8 Å². The molecule has 3 saturated carbocycles. The molecule has 0 saturated heterocycles. The summed E-state index contributed by atoms with van der Waals surface area (Å²) in [4.78, 5) is 95.1. The molecule has 3 aromatic carbocycles. The molecule has 3 fully saturated rings. The SMILES string of the molecule is CCOC(=O)C(F)OCC(C)(C)S(=O)(=O)C1(CN2CCc3c(C(=O)NCc4ccc(C#N)cc4)nn(C)c3C2=O)CC1.Cn1nc(C(=O)NCc2ccc(C#N)cc2)c2c1C(=O)N(CC1(S(=O)(=O)C(C)(C)CO)CC1)CC2.Cn1nc(C(=O)NCc2ccc(C#N)cc2)c2c1C(=O)N(CC1(S(=O)(=O)C(C)(C)COC(F)CO)CC1)CC2. The Hall–Kier alpha value is -10.4. The number of aliphatic hydroxyl groups is 2. The number of sulfone groups is 3. The second kappa shape index (κ2) is 34.4. The molecule has 3 aliphatic carbocycles. The standard InChI is InChI=1S/C28H34FN5O7S.C26H32FN5O6S.C24H29N5O5S/c1-5-40-26(37)23(29)41-17-27(2,3)42(38,39)28(11-12-28)16-34-13-10-20-21(32-33(4)22(20)25(34)36)24(35)31-15-19-8-6-18(14-30)7-9-19;1-25(2,16-38-20(27)14-33)39(36,37)26(9-10-26)15-32-11-8-19-21(30-31(3)22(19)24(32)35)23(34)29-13-18-6-4-17(12-28)5-7-18;1-23(2,15-30)35(33,34)24(9-10-24)14-29-11-8-18-19(27-28(3)20(18)22(29)32)21(31)26-13-17-6-4-16(12-25)5-7-17/h6-9,23H,5,10-13,15-17H2,1-4H3,(H,31,35);4-7,20,33H,8-11,13-16H2,1-3H3,(H,29,34);4-7,30H,8-11,13-15H2,1-3H3,(H,26,31). The Morgan fingerprint density at radius 3 is 1.04 bits per heavy atom. The lowest BCUT2D eigenvalue weighted by Crippen LogP contribution is -2.52. The molecule has 6 aromatic rings. The van der Waals surface area contributed by atoms with Gasteiger partial charge in [0, 0.05) is 96.7 Å². The Morgan fingerprint density at radius 2 is 0.784 bits per heavy atom. The van der Waals surface area contributed by atoms with E-state index in [4.69, 9.17) is 30.4 Å². The van der Waals surface area contributed by atoms with Crippen molar-refractivity contribution in [1.82, 2.24) is 60.0 Å². The highest BCUT2D eigenvalue weighted by Crippen LogP contribution is 2.52. The van der Waals surface area contributed by atoms with E-state index in [1.165, 1.54) is 77.2 Å². The van der Waals surface area contributed by atoms with Gasteiger partial charge in [0.2, 0.25) is 6.36 Å². The van der Waals surface area contributed by atoms with Gasteiger partial charge in [0.25, 0.3) is 41.8 Å². The Bertz CT molecular complexity index is 5280. The van der Waals surface area contributed by atoms with Gasteiger partial charge in [0.15, 0.2) is 46.6 Å². The predicted octanol–water partition coefficient (Wildman–Crippen LogP) is 4.01. The van der Waals surface area contributed by atoms with Crippen LogP contribution < -0.4 is 16.0 Å². The van der Waals surface area contributed by atoms with Crippen LogP contribution in [-0.2, 0) is 109 Å². The minimum Gasteiger partial charge on any atom is -0.462 e. The maximum atomic E-state index is 14.0. The van der Waals surface area contributed by atoms with E-state index in [9.17, 15) is 72.7 Å². The van der Waals surface area contributed by atoms with E-state index in [0.717, 1.165) is 16.7 Å². The molecule has 2 unspecified atom stereocenters. The molecule has 6 amide bonds. The largest absolute Gasteiger partial charge is 0.462 e. The second-order valence-electron chi connectivity index (χ2n) is 31.6. The Morgan fingerprint density at radius 1 is 0.500 bits per heavy atom. The first-order valence-corrected chi connectivity index (χ1v) is 42.0. The minimum absolute atomic E-state index is 0.0263. The molecule has 33 nitrogen and oxygen atoms in total. The van der Waals surface area contributed by atoms with Gasteiger partial charge in [-0.15, -0.1) is 0 Å². The summed E-state index contributed by atoms with van der Waals surface area (Å²) in [6.07, 6.45) is -1.10. The number of ether oxygens (including phenoxy) is 3. The van der Waals surface area contributed by atoms with Gasteiger partial charge in [-0.25, -0.2) is 38.8 Å². The van der Waals surface area contributed by atoms with Crippen molar-refractivity contribution < 1.29 is 92.0 Å². The third-order valence-electron chi connectivity index (χ3n) is 22.0. The number of fused-ring (bicyclic) bond motifs is 3. The number of nitriles is 3. The molecule has 0 spiro atoms. The predicted molar refractivity (Wildman–Crippen MR) is 413 cm³/mol. The molecular weight excluding hydrogens is 1570 g/mol. The summed E-state index contributed by atoms with van der Waals surface area (Å²) in [6, 6.07) is 26.6. The van der Waals surface area contributed by atoms with Gasteiger partial charge in [0.1, 0.15) is 17.1 Å². The van der Waals surface area contributed by atoms with Gasteiger partial charge in [0.05, 0.1) is 96.4 Å². The topological polar surface area (TPSA) is 461 Å². The minimum atomic E-state index is -3.96. The zero-order valence-electron chi connectivity index (χ0n) is 66.1. The van der Waals surface area contributed by atoms with Crippen LogP contribution >= 0.6 is 0 Å². The van der Waals surface area contributed by atoms with Crippen LogP contribution in [-0.4, -0.2) is 234 Å². The van der Waals surface area contributed by atoms with E-state index in [1.807, 2.05) is 18.2 Å². The number of halogens is 2. The van der Waals surface area contributed by atoms with Crippen LogP contribution in [0.4, 0.5) is 8.78 Å². The maximum absolute atomic E-state index is 14.0. The number of benzene rings is 3. The van der Waals surface area contributed by atoms with Crippen molar-refractivity contribution in [2.24, 2.45) is 21.1 Å². The highest BCUT2D eigenvalue weighted by atomic mass is 32.2. The van der Waals surface area contributed by atoms with Gasteiger partial charge in [-0.3, -0.25) is 42.8 Å². The average Bonchev–Trinajstić information content (AvgIpc) is 1.56. The third-order valence-corrected chi connectivity index (χ3v) is 31.8. The molecule has 0 radical (unpaired) electrons. The molecule has 6 heterocycles. The Balaban J connectivity index is 0.000000184. The lowest BCUT2D eigenvalue weighted by molar-refractivity contribution is -0.170. The van der Waals surface area contributed by atoms with Crippen molar-refractivity contribution in [1.29, 1.82) is 15.8 Å². The van der Waals surface area contributed by atoms with Gasteiger partial charge >= 0.3 is 5.97 Å². The van der Waals surface area contributed by atoms with Gasteiger partial charge in [-0.1, -0.05) is 36.4 Å². The van der Waals surface area contributed by atoms with Crippen molar-refractivity contribution in [3.8, 4) is 18.2 Å². The van der Waals surface area contributed by atoms with Crippen molar-refractivity contribution in [3.05, 3.63) is 157 Å². The number of carbonyl (C=O) groups excluding carboxylic acids is 7. The number of aromatic nitrogens is 6. The van der Waals surface area contributed by atoms with Crippen molar-refractivity contribution in [2.45, 2.75) is 167 Å². The van der Waals surface area contributed by atoms with E-state index >= 15 is 0 Å². The molecule has 116 heavy (non-hydrogen) atoms.